The van der Waals surface area contributed by atoms with Gasteiger partial charge in [0.2, 0.25) is 0 Å². The van der Waals surface area contributed by atoms with Crippen molar-refractivity contribution >= 4 is 5.97 Å². The number of ether oxygens (including phenoxy) is 1. The van der Waals surface area contributed by atoms with Crippen molar-refractivity contribution in [1.82, 2.24) is 10.2 Å². The minimum Gasteiger partial charge on any atom is -0.494 e. The predicted octanol–water partition coefficient (Wildman–Crippen LogP) is 1.75. The molecule has 0 saturated carbocycles. The highest BCUT2D eigenvalue weighted by atomic mass is 16.5. The van der Waals surface area contributed by atoms with E-state index in [0.29, 0.717) is 13.2 Å². The monoisotopic (exact) mass is 280 g/mol. The summed E-state index contributed by atoms with van der Waals surface area (Å²) in [4.78, 5) is 13.4. The molecule has 1 unspecified atom stereocenters. The molecule has 0 aliphatic rings. The molecule has 112 valence electrons. The minimum atomic E-state index is -0.862. The van der Waals surface area contributed by atoms with Gasteiger partial charge in [0.1, 0.15) is 11.8 Å². The van der Waals surface area contributed by atoms with Gasteiger partial charge < -0.3 is 20.1 Å². The molecule has 5 nitrogen and oxygen atoms in total. The van der Waals surface area contributed by atoms with E-state index in [0.717, 1.165) is 24.3 Å². The quantitative estimate of drug-likeness (QED) is 0.675. The van der Waals surface area contributed by atoms with Crippen LogP contribution >= 0.6 is 0 Å². The molecule has 0 heterocycles. The fraction of sp³-hybridized carbons (Fsp3) is 0.533. The lowest BCUT2D eigenvalue weighted by atomic mass is 10.1. The number of rotatable bonds is 9. The summed E-state index contributed by atoms with van der Waals surface area (Å²) in [5, 5.41) is 12.4. The molecule has 1 aromatic rings. The first-order valence-corrected chi connectivity index (χ1v) is 6.88. The minimum absolute atomic E-state index is 0.602. The molecule has 0 aliphatic heterocycles. The lowest BCUT2D eigenvalue weighted by Gasteiger charge is -2.16. The summed E-state index contributed by atoms with van der Waals surface area (Å²) in [6.07, 6.45) is 0.911. The van der Waals surface area contributed by atoms with Crippen LogP contribution in [0, 0.1) is 0 Å². The first kappa shape index (κ1) is 16.5. The molecule has 0 radical (unpaired) electrons. The molecule has 0 fully saturated rings. The molecule has 20 heavy (non-hydrogen) atoms. The Hall–Kier alpha value is -1.59. The normalized spacial score (nSPS) is 12.4. The maximum absolute atomic E-state index is 11.3. The number of nitrogens with one attached hydrogen (secondary N) is 1. The topological polar surface area (TPSA) is 61.8 Å². The van der Waals surface area contributed by atoms with Crippen LogP contribution in [0.15, 0.2) is 24.3 Å². The van der Waals surface area contributed by atoms with Gasteiger partial charge in [-0.2, -0.15) is 0 Å². The number of benzene rings is 1. The number of carboxylic acid groups (broad SMARTS) is 1. The highest BCUT2D eigenvalue weighted by Crippen LogP contribution is 2.18. The molecule has 0 aromatic heterocycles. The van der Waals surface area contributed by atoms with Crippen LogP contribution < -0.4 is 10.1 Å². The average Bonchev–Trinajstić information content (AvgIpc) is 2.39. The molecule has 1 atom stereocenters. The Kier molecular flexibility index (Phi) is 7.04. The second kappa shape index (κ2) is 8.55. The summed E-state index contributed by atoms with van der Waals surface area (Å²) in [5.41, 5.74) is 0.741. The van der Waals surface area contributed by atoms with Crippen LogP contribution in [0.4, 0.5) is 0 Å². The van der Waals surface area contributed by atoms with E-state index in [1.165, 1.54) is 0 Å². The standard InChI is InChI=1S/C15H24N2O3/c1-4-20-13-8-6-12(7-9-13)14(15(18)19)16-10-5-11-17(2)3/h6-9,14,16H,4-5,10-11H2,1-3H3,(H,18,19). The zero-order valence-corrected chi connectivity index (χ0v) is 12.4. The maximum Gasteiger partial charge on any atom is 0.325 e. The fourth-order valence-corrected chi connectivity index (χ4v) is 1.91. The van der Waals surface area contributed by atoms with Crippen molar-refractivity contribution in [3.8, 4) is 5.75 Å². The predicted molar refractivity (Wildman–Crippen MR) is 79.2 cm³/mol. The van der Waals surface area contributed by atoms with Gasteiger partial charge in [0, 0.05) is 0 Å². The van der Waals surface area contributed by atoms with E-state index < -0.39 is 12.0 Å². The number of hydrogen-bond donors (Lipinski definition) is 2. The molecular formula is C15H24N2O3. The zero-order valence-electron chi connectivity index (χ0n) is 12.4. The highest BCUT2D eigenvalue weighted by Gasteiger charge is 2.18. The zero-order chi connectivity index (χ0) is 15.0. The van der Waals surface area contributed by atoms with Crippen molar-refractivity contribution in [2.45, 2.75) is 19.4 Å². The van der Waals surface area contributed by atoms with Gasteiger partial charge in [-0.05, 0) is 58.2 Å². The Labute approximate surface area is 120 Å². The summed E-state index contributed by atoms with van der Waals surface area (Å²) >= 11 is 0. The van der Waals surface area contributed by atoms with Gasteiger partial charge in [-0.3, -0.25) is 4.79 Å². The number of aliphatic carboxylic acids is 1. The lowest BCUT2D eigenvalue weighted by molar-refractivity contribution is -0.139. The van der Waals surface area contributed by atoms with E-state index in [1.54, 1.807) is 24.3 Å². The van der Waals surface area contributed by atoms with Gasteiger partial charge in [-0.1, -0.05) is 12.1 Å². The second-order valence-electron chi connectivity index (χ2n) is 4.88. The van der Waals surface area contributed by atoms with Crippen molar-refractivity contribution in [1.29, 1.82) is 0 Å². The highest BCUT2D eigenvalue weighted by molar-refractivity contribution is 5.75. The number of hydrogen-bond acceptors (Lipinski definition) is 4. The maximum atomic E-state index is 11.3. The number of carboxylic acids is 1. The smallest absolute Gasteiger partial charge is 0.325 e. The van der Waals surface area contributed by atoms with E-state index in [2.05, 4.69) is 10.2 Å². The summed E-state index contributed by atoms with van der Waals surface area (Å²) in [7, 11) is 4.00. The van der Waals surface area contributed by atoms with Crippen molar-refractivity contribution in [3.05, 3.63) is 29.8 Å². The Bertz CT molecular complexity index is 404. The van der Waals surface area contributed by atoms with Gasteiger partial charge in [-0.15, -0.1) is 0 Å². The average molecular weight is 280 g/mol. The molecule has 0 saturated heterocycles. The van der Waals surface area contributed by atoms with Crippen LogP contribution in [0.2, 0.25) is 0 Å². The third-order valence-corrected chi connectivity index (χ3v) is 2.90. The van der Waals surface area contributed by atoms with Crippen LogP contribution in [0.5, 0.6) is 5.75 Å². The third-order valence-electron chi connectivity index (χ3n) is 2.90. The Morgan fingerprint density at radius 3 is 2.50 bits per heavy atom. The lowest BCUT2D eigenvalue weighted by Crippen LogP contribution is -2.30. The summed E-state index contributed by atoms with van der Waals surface area (Å²) in [6.45, 7) is 4.12. The van der Waals surface area contributed by atoms with Gasteiger partial charge >= 0.3 is 5.97 Å². The van der Waals surface area contributed by atoms with Crippen LogP contribution in [-0.4, -0.2) is 49.8 Å². The molecule has 0 amide bonds. The summed E-state index contributed by atoms with van der Waals surface area (Å²) in [6, 6.07) is 6.52. The first-order chi connectivity index (χ1) is 9.54. The summed E-state index contributed by atoms with van der Waals surface area (Å²) in [5.74, 6) is -0.105. The molecule has 1 rings (SSSR count). The SMILES string of the molecule is CCOc1ccc(C(NCCCN(C)C)C(=O)O)cc1. The van der Waals surface area contributed by atoms with Crippen molar-refractivity contribution in [2.24, 2.45) is 0 Å². The van der Waals surface area contributed by atoms with Crippen molar-refractivity contribution < 1.29 is 14.6 Å². The van der Waals surface area contributed by atoms with Gasteiger partial charge in [-0.25, -0.2) is 0 Å². The second-order valence-corrected chi connectivity index (χ2v) is 4.88. The first-order valence-electron chi connectivity index (χ1n) is 6.88. The van der Waals surface area contributed by atoms with E-state index in [-0.39, 0.29) is 0 Å². The Balaban J connectivity index is 2.59. The number of carbonyl (C=O) groups is 1. The van der Waals surface area contributed by atoms with Crippen molar-refractivity contribution in [2.75, 3.05) is 33.8 Å². The van der Waals surface area contributed by atoms with Gasteiger partial charge in [0.25, 0.3) is 0 Å². The molecule has 0 bridgehead atoms. The molecule has 5 heteroatoms. The van der Waals surface area contributed by atoms with Gasteiger partial charge in [0.15, 0.2) is 0 Å². The van der Waals surface area contributed by atoms with Crippen LogP contribution in [0.1, 0.15) is 24.9 Å². The van der Waals surface area contributed by atoms with E-state index in [4.69, 9.17) is 4.74 Å². The largest absolute Gasteiger partial charge is 0.494 e. The number of nitrogens with zero attached hydrogens (tertiary/aromatic N) is 1. The fourth-order valence-electron chi connectivity index (χ4n) is 1.91. The van der Waals surface area contributed by atoms with E-state index in [9.17, 15) is 9.90 Å². The Morgan fingerprint density at radius 2 is 2.00 bits per heavy atom. The van der Waals surface area contributed by atoms with Crippen molar-refractivity contribution in [3.63, 3.8) is 0 Å². The Morgan fingerprint density at radius 1 is 1.35 bits per heavy atom. The molecule has 1 aromatic carbocycles. The van der Waals surface area contributed by atoms with E-state index >= 15 is 0 Å². The van der Waals surface area contributed by atoms with E-state index in [1.807, 2.05) is 21.0 Å². The van der Waals surface area contributed by atoms with Gasteiger partial charge in [0.05, 0.1) is 6.61 Å². The van der Waals surface area contributed by atoms with Crippen LogP contribution in [0.3, 0.4) is 0 Å². The molecule has 2 N–H and O–H groups in total. The molecule has 0 aliphatic carbocycles. The summed E-state index contributed by atoms with van der Waals surface area (Å²) < 4.78 is 5.35. The van der Waals surface area contributed by atoms with Crippen LogP contribution in [-0.2, 0) is 4.79 Å². The molecule has 0 spiro atoms. The molecular weight excluding hydrogens is 256 g/mol. The van der Waals surface area contributed by atoms with Crippen LogP contribution in [0.25, 0.3) is 0 Å². The third kappa shape index (κ3) is 5.59.